The first-order valence-corrected chi connectivity index (χ1v) is 7.51. The summed E-state index contributed by atoms with van der Waals surface area (Å²) in [6, 6.07) is 5.53. The second kappa shape index (κ2) is 7.84. The smallest absolute Gasteiger partial charge is 0.246 e. The fourth-order valence-electron chi connectivity index (χ4n) is 2.50. The average molecular weight is 304 g/mol. The predicted molar refractivity (Wildman–Crippen MR) is 87.3 cm³/mol. The number of nitrogens with zero attached hydrogens (tertiary/aromatic N) is 2. The van der Waals surface area contributed by atoms with Crippen LogP contribution in [0.2, 0.25) is 0 Å². The summed E-state index contributed by atoms with van der Waals surface area (Å²) in [5.41, 5.74) is 0.835. The van der Waals surface area contributed by atoms with Gasteiger partial charge in [-0.2, -0.15) is 0 Å². The van der Waals surface area contributed by atoms with Crippen LogP contribution in [0.1, 0.15) is 12.0 Å². The number of benzene rings is 1. The molecule has 0 N–H and O–H groups in total. The average Bonchev–Trinajstić information content (AvgIpc) is 2.77. The SMILES string of the molecule is COc1ccc(OC)c(/C=C/C(=O)N2CCCN(C)CC2)c1. The van der Waals surface area contributed by atoms with Gasteiger partial charge < -0.3 is 19.3 Å². The van der Waals surface area contributed by atoms with Crippen molar-refractivity contribution in [2.24, 2.45) is 0 Å². The molecule has 0 bridgehead atoms. The number of ether oxygens (including phenoxy) is 2. The summed E-state index contributed by atoms with van der Waals surface area (Å²) >= 11 is 0. The lowest BCUT2D eigenvalue weighted by Crippen LogP contribution is -2.33. The Bertz CT molecular complexity index is 543. The molecule has 1 heterocycles. The van der Waals surface area contributed by atoms with E-state index in [2.05, 4.69) is 11.9 Å². The summed E-state index contributed by atoms with van der Waals surface area (Å²) in [6.45, 7) is 3.54. The van der Waals surface area contributed by atoms with Crippen molar-refractivity contribution in [2.75, 3.05) is 47.4 Å². The second-order valence-electron chi connectivity index (χ2n) is 5.42. The van der Waals surface area contributed by atoms with Gasteiger partial charge in [0.15, 0.2) is 0 Å². The zero-order chi connectivity index (χ0) is 15.9. The Kier molecular flexibility index (Phi) is 5.83. The maximum Gasteiger partial charge on any atom is 0.246 e. The van der Waals surface area contributed by atoms with E-state index in [4.69, 9.17) is 9.47 Å². The first kappa shape index (κ1) is 16.4. The number of carbonyl (C=O) groups is 1. The molecule has 1 aliphatic heterocycles. The Morgan fingerprint density at radius 3 is 2.68 bits per heavy atom. The summed E-state index contributed by atoms with van der Waals surface area (Å²) in [5, 5.41) is 0. The molecule has 1 aromatic rings. The molecular weight excluding hydrogens is 280 g/mol. The first-order valence-electron chi connectivity index (χ1n) is 7.51. The molecule has 0 saturated carbocycles. The number of amides is 1. The van der Waals surface area contributed by atoms with Crippen LogP contribution in [0.4, 0.5) is 0 Å². The molecule has 0 aromatic heterocycles. The van der Waals surface area contributed by atoms with Gasteiger partial charge in [-0.1, -0.05) is 0 Å². The van der Waals surface area contributed by atoms with E-state index in [-0.39, 0.29) is 5.91 Å². The van der Waals surface area contributed by atoms with Crippen LogP contribution in [-0.2, 0) is 4.79 Å². The van der Waals surface area contributed by atoms with Gasteiger partial charge in [-0.25, -0.2) is 0 Å². The van der Waals surface area contributed by atoms with E-state index in [9.17, 15) is 4.79 Å². The van der Waals surface area contributed by atoms with Crippen molar-refractivity contribution in [1.82, 2.24) is 9.80 Å². The minimum absolute atomic E-state index is 0.0418. The monoisotopic (exact) mass is 304 g/mol. The van der Waals surface area contributed by atoms with Crippen molar-refractivity contribution in [2.45, 2.75) is 6.42 Å². The molecule has 0 aliphatic carbocycles. The lowest BCUT2D eigenvalue weighted by Gasteiger charge is -2.18. The van der Waals surface area contributed by atoms with E-state index in [0.717, 1.165) is 49.7 Å². The van der Waals surface area contributed by atoms with E-state index < -0.39 is 0 Å². The van der Waals surface area contributed by atoms with Crippen LogP contribution < -0.4 is 9.47 Å². The highest BCUT2D eigenvalue weighted by molar-refractivity contribution is 5.92. The maximum absolute atomic E-state index is 12.3. The van der Waals surface area contributed by atoms with Crippen LogP contribution in [0, 0.1) is 0 Å². The number of hydrogen-bond acceptors (Lipinski definition) is 4. The molecule has 1 saturated heterocycles. The third-order valence-corrected chi connectivity index (χ3v) is 3.87. The standard InChI is InChI=1S/C17H24N2O3/c1-18-9-4-10-19(12-11-18)17(20)8-5-14-13-15(21-2)6-7-16(14)22-3/h5-8,13H,4,9-12H2,1-3H3/b8-5+. The number of rotatable bonds is 4. The van der Waals surface area contributed by atoms with E-state index in [1.165, 1.54) is 0 Å². The minimum Gasteiger partial charge on any atom is -0.497 e. The first-order chi connectivity index (χ1) is 10.6. The molecule has 2 rings (SSSR count). The largest absolute Gasteiger partial charge is 0.497 e. The summed E-state index contributed by atoms with van der Waals surface area (Å²) in [6.07, 6.45) is 4.42. The van der Waals surface area contributed by atoms with Gasteiger partial charge in [0.2, 0.25) is 5.91 Å². The van der Waals surface area contributed by atoms with Gasteiger partial charge in [0.25, 0.3) is 0 Å². The van der Waals surface area contributed by atoms with Crippen molar-refractivity contribution in [3.8, 4) is 11.5 Å². The molecule has 1 amide bonds. The molecule has 1 aliphatic rings. The third kappa shape index (κ3) is 4.24. The van der Waals surface area contributed by atoms with Gasteiger partial charge in [0, 0.05) is 31.3 Å². The van der Waals surface area contributed by atoms with Crippen molar-refractivity contribution < 1.29 is 14.3 Å². The van der Waals surface area contributed by atoms with Crippen molar-refractivity contribution in [3.63, 3.8) is 0 Å². The maximum atomic E-state index is 12.3. The molecule has 1 fully saturated rings. The Morgan fingerprint density at radius 2 is 1.95 bits per heavy atom. The summed E-state index contributed by atoms with van der Waals surface area (Å²) in [4.78, 5) is 16.5. The van der Waals surface area contributed by atoms with Gasteiger partial charge in [-0.3, -0.25) is 4.79 Å². The quantitative estimate of drug-likeness (QED) is 0.797. The Morgan fingerprint density at radius 1 is 1.14 bits per heavy atom. The Balaban J connectivity index is 2.08. The highest BCUT2D eigenvalue weighted by Crippen LogP contribution is 2.25. The number of methoxy groups -OCH3 is 2. The van der Waals surface area contributed by atoms with Gasteiger partial charge in [0.05, 0.1) is 14.2 Å². The van der Waals surface area contributed by atoms with E-state index >= 15 is 0 Å². The molecule has 120 valence electrons. The third-order valence-electron chi connectivity index (χ3n) is 3.87. The van der Waals surface area contributed by atoms with Crippen LogP contribution in [0.25, 0.3) is 6.08 Å². The highest BCUT2D eigenvalue weighted by Gasteiger charge is 2.15. The lowest BCUT2D eigenvalue weighted by molar-refractivity contribution is -0.125. The topological polar surface area (TPSA) is 42.0 Å². The molecule has 22 heavy (non-hydrogen) atoms. The van der Waals surface area contributed by atoms with Gasteiger partial charge in [0.1, 0.15) is 11.5 Å². The van der Waals surface area contributed by atoms with Gasteiger partial charge in [-0.05, 0) is 44.3 Å². The fraction of sp³-hybridized carbons (Fsp3) is 0.471. The second-order valence-corrected chi connectivity index (χ2v) is 5.42. The van der Waals surface area contributed by atoms with Crippen LogP contribution in [0.15, 0.2) is 24.3 Å². The molecule has 1 aromatic carbocycles. The van der Waals surface area contributed by atoms with E-state index in [0.29, 0.717) is 0 Å². The molecule has 0 atom stereocenters. The molecule has 0 radical (unpaired) electrons. The van der Waals surface area contributed by atoms with Crippen LogP contribution in [-0.4, -0.2) is 63.2 Å². The Labute approximate surface area is 132 Å². The van der Waals surface area contributed by atoms with Crippen LogP contribution >= 0.6 is 0 Å². The van der Waals surface area contributed by atoms with E-state index in [1.54, 1.807) is 26.4 Å². The molecule has 0 unspecified atom stereocenters. The van der Waals surface area contributed by atoms with Crippen molar-refractivity contribution >= 4 is 12.0 Å². The van der Waals surface area contributed by atoms with Crippen LogP contribution in [0.3, 0.4) is 0 Å². The molecular formula is C17H24N2O3. The van der Waals surface area contributed by atoms with Gasteiger partial charge >= 0.3 is 0 Å². The number of likely N-dealkylation sites (N-methyl/N-ethyl adjacent to an activating group) is 1. The molecule has 5 nitrogen and oxygen atoms in total. The predicted octanol–water partition coefficient (Wildman–Crippen LogP) is 1.88. The summed E-state index contributed by atoms with van der Waals surface area (Å²) in [5.74, 6) is 1.50. The normalized spacial score (nSPS) is 16.6. The molecule has 5 heteroatoms. The fourth-order valence-corrected chi connectivity index (χ4v) is 2.50. The lowest BCUT2D eigenvalue weighted by atomic mass is 10.1. The molecule has 0 spiro atoms. The summed E-state index contributed by atoms with van der Waals surface area (Å²) < 4.78 is 10.5. The minimum atomic E-state index is 0.0418. The number of carbonyl (C=O) groups excluding carboxylic acids is 1. The van der Waals surface area contributed by atoms with Crippen LogP contribution in [0.5, 0.6) is 11.5 Å². The Hall–Kier alpha value is -2.01. The zero-order valence-corrected chi connectivity index (χ0v) is 13.5. The van der Waals surface area contributed by atoms with Gasteiger partial charge in [-0.15, -0.1) is 0 Å². The van der Waals surface area contributed by atoms with Crippen molar-refractivity contribution in [1.29, 1.82) is 0 Å². The zero-order valence-electron chi connectivity index (χ0n) is 13.5. The van der Waals surface area contributed by atoms with Crippen molar-refractivity contribution in [3.05, 3.63) is 29.8 Å². The highest BCUT2D eigenvalue weighted by atomic mass is 16.5. The summed E-state index contributed by atoms with van der Waals surface area (Å²) in [7, 11) is 5.32. The van der Waals surface area contributed by atoms with E-state index in [1.807, 2.05) is 23.1 Å². The number of hydrogen-bond donors (Lipinski definition) is 0.